The fourth-order valence-electron chi connectivity index (χ4n) is 0.566. The smallest absolute Gasteiger partial charge is 0.142 e. The number of pyridine rings is 1. The minimum absolute atomic E-state index is 0.433. The average Bonchev–Trinajstić information content (AvgIpc) is 1.88. The van der Waals surface area contributed by atoms with Crippen LogP contribution in [0, 0.1) is 5.82 Å². The zero-order chi connectivity index (χ0) is 7.40. The summed E-state index contributed by atoms with van der Waals surface area (Å²) in [6.45, 7) is 0. The van der Waals surface area contributed by atoms with Crippen LogP contribution in [0.1, 0.15) is 5.56 Å². The number of oxime groups is 1. The van der Waals surface area contributed by atoms with Crippen LogP contribution in [0.4, 0.5) is 4.39 Å². The van der Waals surface area contributed by atoms with Gasteiger partial charge in [-0.3, -0.25) is 4.98 Å². The van der Waals surface area contributed by atoms with Crippen LogP contribution < -0.4 is 0 Å². The maximum Gasteiger partial charge on any atom is 0.142 e. The van der Waals surface area contributed by atoms with Gasteiger partial charge in [-0.15, -0.1) is 0 Å². The van der Waals surface area contributed by atoms with Crippen molar-refractivity contribution in [1.29, 1.82) is 0 Å². The number of rotatable bonds is 1. The van der Waals surface area contributed by atoms with Gasteiger partial charge in [0.15, 0.2) is 0 Å². The van der Waals surface area contributed by atoms with Crippen molar-refractivity contribution in [1.82, 2.24) is 4.98 Å². The van der Waals surface area contributed by atoms with Crippen molar-refractivity contribution in [2.24, 2.45) is 5.16 Å². The molecule has 0 saturated carbocycles. The number of nitrogens with zero attached hydrogens (tertiary/aromatic N) is 2. The van der Waals surface area contributed by atoms with Gasteiger partial charge in [0.25, 0.3) is 0 Å². The van der Waals surface area contributed by atoms with Crippen LogP contribution in [-0.2, 0) is 0 Å². The second-order valence-corrected chi connectivity index (χ2v) is 1.68. The highest BCUT2D eigenvalue weighted by Gasteiger charge is 1.90. The van der Waals surface area contributed by atoms with Gasteiger partial charge in [0.1, 0.15) is 5.82 Å². The highest BCUT2D eigenvalue weighted by atomic mass is 19.1. The molecule has 0 saturated heterocycles. The molecule has 0 aromatic carbocycles. The predicted octanol–water partition coefficient (Wildman–Crippen LogP) is 1.03. The van der Waals surface area contributed by atoms with E-state index in [9.17, 15) is 4.39 Å². The molecule has 0 amide bonds. The third-order valence-corrected chi connectivity index (χ3v) is 0.933. The lowest BCUT2D eigenvalue weighted by molar-refractivity contribution is 0.322. The lowest BCUT2D eigenvalue weighted by Crippen LogP contribution is -1.84. The van der Waals surface area contributed by atoms with Gasteiger partial charge in [0.2, 0.25) is 0 Å². The third-order valence-electron chi connectivity index (χ3n) is 0.933. The molecule has 10 heavy (non-hydrogen) atoms. The molecule has 0 spiro atoms. The Morgan fingerprint density at radius 3 is 3.00 bits per heavy atom. The van der Waals surface area contributed by atoms with Gasteiger partial charge in [-0.05, 0) is 6.07 Å². The Bertz CT molecular complexity index is 249. The van der Waals surface area contributed by atoms with Crippen LogP contribution in [0.15, 0.2) is 23.6 Å². The molecule has 3 nitrogen and oxygen atoms in total. The molecule has 0 bridgehead atoms. The summed E-state index contributed by atoms with van der Waals surface area (Å²) in [7, 11) is 0. The van der Waals surface area contributed by atoms with E-state index < -0.39 is 5.82 Å². The van der Waals surface area contributed by atoms with Crippen LogP contribution in [0.5, 0.6) is 0 Å². The molecule has 1 N–H and O–H groups in total. The van der Waals surface area contributed by atoms with Gasteiger partial charge in [-0.1, -0.05) is 5.16 Å². The molecule has 0 aliphatic rings. The summed E-state index contributed by atoms with van der Waals surface area (Å²) in [6, 6.07) is 1.21. The molecule has 1 aromatic rings. The fraction of sp³-hybridized carbons (Fsp3) is 0. The van der Waals surface area contributed by atoms with Crippen LogP contribution in [0.25, 0.3) is 0 Å². The molecule has 1 rings (SSSR count). The van der Waals surface area contributed by atoms with Gasteiger partial charge in [0, 0.05) is 11.8 Å². The first-order valence-electron chi connectivity index (χ1n) is 2.61. The first kappa shape index (κ1) is 6.67. The third kappa shape index (κ3) is 1.51. The summed E-state index contributed by atoms with van der Waals surface area (Å²) in [5.41, 5.74) is 0.433. The van der Waals surface area contributed by atoms with Gasteiger partial charge >= 0.3 is 0 Å². The van der Waals surface area contributed by atoms with Gasteiger partial charge in [-0.25, -0.2) is 4.39 Å². The standard InChI is InChI=1S/C6H5FN2O/c7-6-1-5(3-9-10)2-8-4-6/h1-4,10H/b9-3-. The van der Waals surface area contributed by atoms with Crippen molar-refractivity contribution in [3.05, 3.63) is 29.8 Å². The minimum atomic E-state index is -0.447. The Labute approximate surface area is 56.8 Å². The molecule has 0 aliphatic carbocycles. The molecule has 52 valence electrons. The quantitative estimate of drug-likeness (QED) is 0.359. The van der Waals surface area contributed by atoms with Crippen LogP contribution in [0.3, 0.4) is 0 Å². The Morgan fingerprint density at radius 1 is 1.60 bits per heavy atom. The Hall–Kier alpha value is -1.45. The largest absolute Gasteiger partial charge is 0.411 e. The molecular formula is C6H5FN2O. The van der Waals surface area contributed by atoms with E-state index in [-0.39, 0.29) is 0 Å². The van der Waals surface area contributed by atoms with Crippen LogP contribution in [0.2, 0.25) is 0 Å². The van der Waals surface area contributed by atoms with E-state index in [1.165, 1.54) is 12.3 Å². The SMILES string of the molecule is O/N=C\c1cncc(F)c1. The number of aromatic nitrogens is 1. The van der Waals surface area contributed by atoms with Gasteiger partial charge < -0.3 is 5.21 Å². The fourth-order valence-corrected chi connectivity index (χ4v) is 0.566. The zero-order valence-corrected chi connectivity index (χ0v) is 5.03. The molecular weight excluding hydrogens is 135 g/mol. The van der Waals surface area contributed by atoms with Crippen molar-refractivity contribution in [2.45, 2.75) is 0 Å². The van der Waals surface area contributed by atoms with E-state index in [4.69, 9.17) is 5.21 Å². The maximum atomic E-state index is 12.3. The lowest BCUT2D eigenvalue weighted by atomic mass is 10.3. The van der Waals surface area contributed by atoms with Crippen molar-refractivity contribution in [3.63, 3.8) is 0 Å². The minimum Gasteiger partial charge on any atom is -0.411 e. The van der Waals surface area contributed by atoms with Crippen LogP contribution in [-0.4, -0.2) is 16.4 Å². The molecule has 1 heterocycles. The topological polar surface area (TPSA) is 45.5 Å². The number of hydrogen-bond donors (Lipinski definition) is 1. The van der Waals surface area contributed by atoms with Crippen molar-refractivity contribution >= 4 is 6.21 Å². The van der Waals surface area contributed by atoms with E-state index in [2.05, 4.69) is 10.1 Å². The van der Waals surface area contributed by atoms with Crippen molar-refractivity contribution in [2.75, 3.05) is 0 Å². The van der Waals surface area contributed by atoms with E-state index >= 15 is 0 Å². The van der Waals surface area contributed by atoms with E-state index in [0.717, 1.165) is 12.4 Å². The predicted molar refractivity (Wildman–Crippen MR) is 33.6 cm³/mol. The highest BCUT2D eigenvalue weighted by molar-refractivity contribution is 5.78. The van der Waals surface area contributed by atoms with Crippen molar-refractivity contribution in [3.8, 4) is 0 Å². The monoisotopic (exact) mass is 140 g/mol. The number of hydrogen-bond acceptors (Lipinski definition) is 3. The maximum absolute atomic E-state index is 12.3. The van der Waals surface area contributed by atoms with Gasteiger partial charge in [-0.2, -0.15) is 0 Å². The first-order chi connectivity index (χ1) is 4.83. The van der Waals surface area contributed by atoms with Crippen LogP contribution >= 0.6 is 0 Å². The molecule has 4 heteroatoms. The molecule has 0 aliphatic heterocycles. The van der Waals surface area contributed by atoms with E-state index in [1.54, 1.807) is 0 Å². The molecule has 0 unspecified atom stereocenters. The van der Waals surface area contributed by atoms with Gasteiger partial charge in [0.05, 0.1) is 12.4 Å². The summed E-state index contributed by atoms with van der Waals surface area (Å²) >= 11 is 0. The first-order valence-corrected chi connectivity index (χ1v) is 2.61. The Balaban J connectivity index is 2.95. The summed E-state index contributed by atoms with van der Waals surface area (Å²) in [6.07, 6.45) is 3.58. The summed E-state index contributed by atoms with van der Waals surface area (Å²) < 4.78 is 12.3. The van der Waals surface area contributed by atoms with E-state index in [0.29, 0.717) is 5.56 Å². The molecule has 0 atom stereocenters. The average molecular weight is 140 g/mol. The summed E-state index contributed by atoms with van der Waals surface area (Å²) in [5, 5.41) is 10.7. The normalized spacial score (nSPS) is 10.5. The Kier molecular flexibility index (Phi) is 1.94. The number of halogens is 1. The molecule has 0 radical (unpaired) electrons. The molecule has 0 fully saturated rings. The van der Waals surface area contributed by atoms with Crippen molar-refractivity contribution < 1.29 is 9.60 Å². The zero-order valence-electron chi connectivity index (χ0n) is 5.03. The Morgan fingerprint density at radius 2 is 2.40 bits per heavy atom. The molecule has 1 aromatic heterocycles. The second kappa shape index (κ2) is 2.91. The lowest BCUT2D eigenvalue weighted by Gasteiger charge is -1.88. The second-order valence-electron chi connectivity index (χ2n) is 1.68. The summed E-state index contributed by atoms with van der Waals surface area (Å²) in [5.74, 6) is -0.447. The van der Waals surface area contributed by atoms with E-state index in [1.807, 2.05) is 0 Å². The highest BCUT2D eigenvalue weighted by Crippen LogP contribution is 1.96. The summed E-state index contributed by atoms with van der Waals surface area (Å²) in [4.78, 5) is 3.53.